The second-order valence-corrected chi connectivity index (χ2v) is 5.09. The second-order valence-electron chi connectivity index (χ2n) is 5.09. The first-order chi connectivity index (χ1) is 9.49. The zero-order valence-electron chi connectivity index (χ0n) is 12.9. The average molecular weight is 278 g/mol. The molecule has 0 aliphatic carbocycles. The first-order valence-electron chi connectivity index (χ1n) is 6.91. The van der Waals surface area contributed by atoms with E-state index in [4.69, 9.17) is 15.9 Å². The van der Waals surface area contributed by atoms with Crippen LogP contribution >= 0.6 is 0 Å². The van der Waals surface area contributed by atoms with Crippen molar-refractivity contribution in [2.24, 2.45) is 5.73 Å². The van der Waals surface area contributed by atoms with E-state index in [0.717, 1.165) is 43.1 Å². The van der Waals surface area contributed by atoms with Crippen LogP contribution in [0.1, 0.15) is 18.9 Å². The molecule has 0 amide bonds. The number of likely N-dealkylation sites (N-methyl/N-ethyl adjacent to an activating group) is 1. The molecule has 1 aromatic rings. The number of rotatable bonds is 8. The Bertz CT molecular complexity index is 445. The summed E-state index contributed by atoms with van der Waals surface area (Å²) in [5.41, 5.74) is 7.44. The number of nitrogen functional groups attached to an aromatic ring is 1. The van der Waals surface area contributed by atoms with Gasteiger partial charge >= 0.3 is 0 Å². The Morgan fingerprint density at radius 1 is 1.25 bits per heavy atom. The lowest BCUT2D eigenvalue weighted by atomic mass is 10.1. The summed E-state index contributed by atoms with van der Waals surface area (Å²) in [6, 6.07) is 5.66. The number of nitrogens with one attached hydrogen (secondary N) is 1. The largest absolute Gasteiger partial charge is 0.497 e. The van der Waals surface area contributed by atoms with Gasteiger partial charge in [-0.1, -0.05) is 6.92 Å². The third-order valence-corrected chi connectivity index (χ3v) is 3.15. The Morgan fingerprint density at radius 2 is 1.95 bits per heavy atom. The van der Waals surface area contributed by atoms with Crippen LogP contribution in [0.2, 0.25) is 0 Å². The Kier molecular flexibility index (Phi) is 6.31. The van der Waals surface area contributed by atoms with Gasteiger partial charge in [-0.15, -0.1) is 0 Å². The number of ether oxygens (including phenoxy) is 1. The van der Waals surface area contributed by atoms with Crippen LogP contribution in [0.5, 0.6) is 5.75 Å². The number of hydrogen-bond donors (Lipinski definition) is 2. The fourth-order valence-electron chi connectivity index (χ4n) is 2.07. The van der Waals surface area contributed by atoms with Gasteiger partial charge in [0.05, 0.1) is 12.8 Å². The quantitative estimate of drug-likeness (QED) is 0.562. The predicted molar refractivity (Wildman–Crippen MR) is 85.1 cm³/mol. The lowest BCUT2D eigenvalue weighted by Crippen LogP contribution is -2.33. The summed E-state index contributed by atoms with van der Waals surface area (Å²) < 4.78 is 5.30. The molecule has 5 nitrogen and oxygen atoms in total. The highest BCUT2D eigenvalue weighted by Crippen LogP contribution is 2.26. The second kappa shape index (κ2) is 7.75. The molecule has 1 rings (SSSR count). The molecule has 1 aromatic carbocycles. The van der Waals surface area contributed by atoms with Crippen LogP contribution in [0.25, 0.3) is 0 Å². The highest BCUT2D eigenvalue weighted by atomic mass is 16.5. The van der Waals surface area contributed by atoms with Gasteiger partial charge in [0.1, 0.15) is 11.6 Å². The number of anilines is 1. The minimum Gasteiger partial charge on any atom is -0.497 e. The predicted octanol–water partition coefficient (Wildman–Crippen LogP) is 1.76. The van der Waals surface area contributed by atoms with Gasteiger partial charge in [0, 0.05) is 31.3 Å². The summed E-state index contributed by atoms with van der Waals surface area (Å²) in [6.45, 7) is 4.93. The molecular formula is C15H26N4O. The molecule has 0 saturated heterocycles. The number of amidine groups is 1. The van der Waals surface area contributed by atoms with Crippen LogP contribution in [-0.2, 0) is 0 Å². The molecule has 0 spiro atoms. The zero-order valence-corrected chi connectivity index (χ0v) is 12.9. The zero-order chi connectivity index (χ0) is 15.1. The molecular weight excluding hydrogens is 252 g/mol. The van der Waals surface area contributed by atoms with Gasteiger partial charge < -0.3 is 20.3 Å². The van der Waals surface area contributed by atoms with Crippen LogP contribution < -0.4 is 15.4 Å². The van der Waals surface area contributed by atoms with E-state index in [0.29, 0.717) is 0 Å². The van der Waals surface area contributed by atoms with Crippen molar-refractivity contribution in [1.29, 1.82) is 5.41 Å². The van der Waals surface area contributed by atoms with Crippen molar-refractivity contribution in [2.45, 2.75) is 13.3 Å². The van der Waals surface area contributed by atoms with Crippen molar-refractivity contribution in [3.8, 4) is 5.75 Å². The van der Waals surface area contributed by atoms with E-state index in [9.17, 15) is 0 Å². The van der Waals surface area contributed by atoms with Gasteiger partial charge in [0.15, 0.2) is 0 Å². The Hall–Kier alpha value is -1.75. The van der Waals surface area contributed by atoms with Crippen molar-refractivity contribution in [2.75, 3.05) is 45.7 Å². The molecule has 0 heterocycles. The molecule has 20 heavy (non-hydrogen) atoms. The van der Waals surface area contributed by atoms with Crippen molar-refractivity contribution in [3.05, 3.63) is 23.8 Å². The normalized spacial score (nSPS) is 10.7. The summed E-state index contributed by atoms with van der Waals surface area (Å²) in [6.07, 6.45) is 1.04. The van der Waals surface area contributed by atoms with Crippen LogP contribution in [-0.4, -0.2) is 51.6 Å². The number of nitrogens with two attached hydrogens (primary N) is 1. The summed E-state index contributed by atoms with van der Waals surface area (Å²) in [7, 11) is 5.76. The maximum Gasteiger partial charge on any atom is 0.124 e. The SMILES string of the molecule is CCCN(CCN(C)C)c1cc(OC)ccc1C(=N)N. The molecule has 3 N–H and O–H groups in total. The molecule has 5 heteroatoms. The number of methoxy groups -OCH3 is 1. The maximum atomic E-state index is 7.75. The molecule has 0 aromatic heterocycles. The Labute approximate surface area is 121 Å². The van der Waals surface area contributed by atoms with Crippen LogP contribution in [0.15, 0.2) is 18.2 Å². The molecule has 0 bridgehead atoms. The molecule has 0 aliphatic rings. The van der Waals surface area contributed by atoms with Crippen molar-refractivity contribution < 1.29 is 4.74 Å². The van der Waals surface area contributed by atoms with Crippen LogP contribution in [0.3, 0.4) is 0 Å². The average Bonchev–Trinajstić information content (AvgIpc) is 2.42. The molecule has 112 valence electrons. The monoisotopic (exact) mass is 278 g/mol. The molecule has 0 unspecified atom stereocenters. The van der Waals surface area contributed by atoms with Gasteiger partial charge in [-0.2, -0.15) is 0 Å². The minimum atomic E-state index is 0.0913. The fraction of sp³-hybridized carbons (Fsp3) is 0.533. The first kappa shape index (κ1) is 16.3. The van der Waals surface area contributed by atoms with E-state index in [1.54, 1.807) is 7.11 Å². The highest BCUT2D eigenvalue weighted by Gasteiger charge is 2.14. The molecule has 0 saturated carbocycles. The lowest BCUT2D eigenvalue weighted by Gasteiger charge is -2.28. The van der Waals surface area contributed by atoms with E-state index in [1.807, 2.05) is 18.2 Å². The maximum absolute atomic E-state index is 7.75. The smallest absolute Gasteiger partial charge is 0.124 e. The summed E-state index contributed by atoms with van der Waals surface area (Å²) in [5, 5.41) is 7.75. The number of hydrogen-bond acceptors (Lipinski definition) is 4. The third kappa shape index (κ3) is 4.42. The summed E-state index contributed by atoms with van der Waals surface area (Å²) in [5.74, 6) is 0.879. The highest BCUT2D eigenvalue weighted by molar-refractivity contribution is 6.00. The van der Waals surface area contributed by atoms with Crippen LogP contribution in [0.4, 0.5) is 5.69 Å². The number of nitrogens with zero attached hydrogens (tertiary/aromatic N) is 2. The first-order valence-corrected chi connectivity index (χ1v) is 6.91. The van der Waals surface area contributed by atoms with Crippen molar-refractivity contribution in [3.63, 3.8) is 0 Å². The van der Waals surface area contributed by atoms with E-state index in [1.165, 1.54) is 0 Å². The number of benzene rings is 1. The summed E-state index contributed by atoms with van der Waals surface area (Å²) in [4.78, 5) is 4.41. The minimum absolute atomic E-state index is 0.0913. The molecule has 0 radical (unpaired) electrons. The lowest BCUT2D eigenvalue weighted by molar-refractivity contribution is 0.410. The van der Waals surface area contributed by atoms with Gasteiger partial charge in [-0.05, 0) is 32.6 Å². The molecule has 0 aliphatic heterocycles. The van der Waals surface area contributed by atoms with Crippen molar-refractivity contribution in [1.82, 2.24) is 4.90 Å². The van der Waals surface area contributed by atoms with Crippen LogP contribution in [0, 0.1) is 5.41 Å². The topological polar surface area (TPSA) is 65.6 Å². The molecule has 0 fully saturated rings. The van der Waals surface area contributed by atoms with Crippen molar-refractivity contribution >= 4 is 11.5 Å². The Balaban J connectivity index is 3.10. The van der Waals surface area contributed by atoms with E-state index in [2.05, 4.69) is 30.8 Å². The van der Waals surface area contributed by atoms with E-state index < -0.39 is 0 Å². The van der Waals surface area contributed by atoms with Gasteiger partial charge in [0.2, 0.25) is 0 Å². The van der Waals surface area contributed by atoms with Gasteiger partial charge in [-0.3, -0.25) is 5.41 Å². The summed E-state index contributed by atoms with van der Waals surface area (Å²) >= 11 is 0. The van der Waals surface area contributed by atoms with Gasteiger partial charge in [0.25, 0.3) is 0 Å². The van der Waals surface area contributed by atoms with E-state index >= 15 is 0 Å². The standard InChI is InChI=1S/C15H26N4O/c1-5-8-19(10-9-18(2)3)14-11-12(20-4)6-7-13(14)15(16)17/h6-7,11H,5,8-10H2,1-4H3,(H3,16,17). The fourth-order valence-corrected chi connectivity index (χ4v) is 2.07. The van der Waals surface area contributed by atoms with E-state index in [-0.39, 0.29) is 5.84 Å². The Morgan fingerprint density at radius 3 is 2.45 bits per heavy atom. The molecule has 0 atom stereocenters. The third-order valence-electron chi connectivity index (χ3n) is 3.15. The van der Waals surface area contributed by atoms with Gasteiger partial charge in [-0.25, -0.2) is 0 Å².